The minimum atomic E-state index is 0.465. The molecule has 0 aromatic carbocycles. The first-order valence-electron chi connectivity index (χ1n) is 8.91. The van der Waals surface area contributed by atoms with E-state index >= 15 is 0 Å². The van der Waals surface area contributed by atoms with Crippen molar-refractivity contribution in [2.45, 2.75) is 57.4 Å². The number of aromatic nitrogens is 2. The van der Waals surface area contributed by atoms with Crippen LogP contribution in [0.5, 0.6) is 0 Å². The van der Waals surface area contributed by atoms with Crippen LogP contribution in [0.3, 0.4) is 0 Å². The Labute approximate surface area is 132 Å². The molecule has 5 heteroatoms. The number of hydrogen-bond acceptors (Lipinski definition) is 5. The number of fused-ring (bicyclic) bond motifs is 3. The zero-order valence-corrected chi connectivity index (χ0v) is 13.5. The summed E-state index contributed by atoms with van der Waals surface area (Å²) in [6, 6.07) is 0.600. The molecule has 3 aliphatic rings. The third-order valence-electron chi connectivity index (χ3n) is 5.73. The highest BCUT2D eigenvalue weighted by Gasteiger charge is 2.37. The van der Waals surface area contributed by atoms with Gasteiger partial charge in [-0.3, -0.25) is 0 Å². The molecule has 3 N–H and O–H groups in total. The van der Waals surface area contributed by atoms with E-state index in [2.05, 4.69) is 27.1 Å². The summed E-state index contributed by atoms with van der Waals surface area (Å²) in [5, 5.41) is 3.51. The second-order valence-electron chi connectivity index (χ2n) is 7.12. The van der Waals surface area contributed by atoms with Gasteiger partial charge in [-0.05, 0) is 38.1 Å². The zero-order valence-electron chi connectivity index (χ0n) is 13.5. The Morgan fingerprint density at radius 1 is 1.18 bits per heavy atom. The predicted molar refractivity (Wildman–Crippen MR) is 89.1 cm³/mol. The molecule has 2 atom stereocenters. The standard InChI is InChI=1S/C17H27N5/c1-2-19-12-9-22(10-12)16-14-8-7-11-5-3-4-6-13(11)15(14)20-17(18)21-16/h11-13,19H,2-10H2,1H3,(H2,18,20,21)/t11-,13+/m0/s1. The number of rotatable bonds is 3. The van der Waals surface area contributed by atoms with Crippen LogP contribution < -0.4 is 16.0 Å². The number of nitrogen functional groups attached to an aromatic ring is 1. The molecule has 0 amide bonds. The molecule has 2 aliphatic carbocycles. The first-order chi connectivity index (χ1) is 10.8. The largest absolute Gasteiger partial charge is 0.368 e. The summed E-state index contributed by atoms with van der Waals surface area (Å²) < 4.78 is 0. The van der Waals surface area contributed by atoms with E-state index in [1.807, 2.05) is 0 Å². The van der Waals surface area contributed by atoms with Crippen LogP contribution in [0, 0.1) is 5.92 Å². The Morgan fingerprint density at radius 2 is 2.00 bits per heavy atom. The average Bonchev–Trinajstić information content (AvgIpc) is 2.49. The Kier molecular flexibility index (Phi) is 3.68. The fourth-order valence-corrected chi connectivity index (χ4v) is 4.63. The van der Waals surface area contributed by atoms with Crippen LogP contribution in [0.2, 0.25) is 0 Å². The minimum Gasteiger partial charge on any atom is -0.368 e. The molecule has 0 unspecified atom stereocenters. The normalized spacial score (nSPS) is 28.0. The monoisotopic (exact) mass is 301 g/mol. The maximum absolute atomic E-state index is 6.05. The number of anilines is 2. The first kappa shape index (κ1) is 14.2. The van der Waals surface area contributed by atoms with Crippen molar-refractivity contribution >= 4 is 11.8 Å². The second kappa shape index (κ2) is 5.69. The minimum absolute atomic E-state index is 0.465. The molecule has 120 valence electrons. The molecule has 4 rings (SSSR count). The van der Waals surface area contributed by atoms with Crippen molar-refractivity contribution in [3.05, 3.63) is 11.3 Å². The summed E-state index contributed by atoms with van der Waals surface area (Å²) >= 11 is 0. The van der Waals surface area contributed by atoms with Crippen molar-refractivity contribution < 1.29 is 0 Å². The van der Waals surface area contributed by atoms with Gasteiger partial charge in [0.15, 0.2) is 0 Å². The van der Waals surface area contributed by atoms with Gasteiger partial charge in [0.25, 0.3) is 0 Å². The number of hydrogen-bond donors (Lipinski definition) is 2. The van der Waals surface area contributed by atoms with Crippen LogP contribution in [-0.4, -0.2) is 35.6 Å². The average molecular weight is 301 g/mol. The Balaban J connectivity index is 1.62. The second-order valence-corrected chi connectivity index (χ2v) is 7.12. The van der Waals surface area contributed by atoms with Crippen molar-refractivity contribution in [3.8, 4) is 0 Å². The molecule has 2 fully saturated rings. The van der Waals surface area contributed by atoms with E-state index in [0.717, 1.165) is 37.8 Å². The Morgan fingerprint density at radius 3 is 2.82 bits per heavy atom. The van der Waals surface area contributed by atoms with E-state index < -0.39 is 0 Å². The number of nitrogens with zero attached hydrogens (tertiary/aromatic N) is 3. The molecular weight excluding hydrogens is 274 g/mol. The van der Waals surface area contributed by atoms with Crippen LogP contribution in [-0.2, 0) is 6.42 Å². The van der Waals surface area contributed by atoms with Gasteiger partial charge < -0.3 is 16.0 Å². The maximum Gasteiger partial charge on any atom is 0.222 e. The number of nitrogens with one attached hydrogen (secondary N) is 1. The highest BCUT2D eigenvalue weighted by molar-refractivity contribution is 5.56. The van der Waals surface area contributed by atoms with Gasteiger partial charge in [-0.1, -0.05) is 19.8 Å². The van der Waals surface area contributed by atoms with Crippen LogP contribution in [0.4, 0.5) is 11.8 Å². The third-order valence-corrected chi connectivity index (χ3v) is 5.73. The summed E-state index contributed by atoms with van der Waals surface area (Å²) in [4.78, 5) is 11.7. The summed E-state index contributed by atoms with van der Waals surface area (Å²) in [5.41, 5.74) is 8.73. The highest BCUT2D eigenvalue weighted by atomic mass is 15.3. The van der Waals surface area contributed by atoms with Gasteiger partial charge in [-0.15, -0.1) is 0 Å². The fourth-order valence-electron chi connectivity index (χ4n) is 4.63. The fraction of sp³-hybridized carbons (Fsp3) is 0.765. The predicted octanol–water partition coefficient (Wildman–Crippen LogP) is 2.08. The molecule has 0 radical (unpaired) electrons. The van der Waals surface area contributed by atoms with Crippen molar-refractivity contribution in [1.82, 2.24) is 15.3 Å². The van der Waals surface area contributed by atoms with Gasteiger partial charge >= 0.3 is 0 Å². The Bertz CT molecular complexity index is 552. The molecule has 1 aromatic rings. The smallest absolute Gasteiger partial charge is 0.222 e. The quantitative estimate of drug-likeness (QED) is 0.894. The van der Waals surface area contributed by atoms with Crippen LogP contribution in [0.1, 0.15) is 56.2 Å². The molecule has 22 heavy (non-hydrogen) atoms. The van der Waals surface area contributed by atoms with Crippen molar-refractivity contribution in [1.29, 1.82) is 0 Å². The van der Waals surface area contributed by atoms with Crippen LogP contribution in [0.25, 0.3) is 0 Å². The summed E-state index contributed by atoms with van der Waals surface area (Å²) in [6.45, 7) is 5.29. The SMILES string of the molecule is CCNC1CN(c2nc(N)nc3c2CC[C@@H]2CCCC[C@@H]32)C1. The third kappa shape index (κ3) is 2.35. The van der Waals surface area contributed by atoms with Gasteiger partial charge in [0.2, 0.25) is 5.95 Å². The molecule has 2 heterocycles. The summed E-state index contributed by atoms with van der Waals surface area (Å²) in [6.07, 6.45) is 7.83. The lowest BCUT2D eigenvalue weighted by Gasteiger charge is -2.43. The van der Waals surface area contributed by atoms with E-state index in [4.69, 9.17) is 5.73 Å². The lowest BCUT2D eigenvalue weighted by Crippen LogP contribution is -2.58. The topological polar surface area (TPSA) is 67.1 Å². The van der Waals surface area contributed by atoms with Crippen LogP contribution >= 0.6 is 0 Å². The number of likely N-dealkylation sites (N-methyl/N-ethyl adjacent to an activating group) is 1. The molecule has 1 saturated heterocycles. The van der Waals surface area contributed by atoms with Crippen molar-refractivity contribution in [2.75, 3.05) is 30.3 Å². The van der Waals surface area contributed by atoms with E-state index in [-0.39, 0.29) is 0 Å². The van der Waals surface area contributed by atoms with Gasteiger partial charge in [0.1, 0.15) is 5.82 Å². The van der Waals surface area contributed by atoms with Gasteiger partial charge in [0.05, 0.1) is 5.69 Å². The van der Waals surface area contributed by atoms with Gasteiger partial charge in [-0.2, -0.15) is 4.98 Å². The first-order valence-corrected chi connectivity index (χ1v) is 8.91. The van der Waals surface area contributed by atoms with Crippen LogP contribution in [0.15, 0.2) is 0 Å². The van der Waals surface area contributed by atoms with Gasteiger partial charge in [-0.25, -0.2) is 4.98 Å². The van der Waals surface area contributed by atoms with Crippen molar-refractivity contribution in [3.63, 3.8) is 0 Å². The van der Waals surface area contributed by atoms with E-state index in [1.54, 1.807) is 0 Å². The molecule has 1 aliphatic heterocycles. The van der Waals surface area contributed by atoms with E-state index in [1.165, 1.54) is 43.4 Å². The molecule has 1 aromatic heterocycles. The van der Waals surface area contributed by atoms with E-state index in [0.29, 0.717) is 17.9 Å². The number of nitrogens with two attached hydrogens (primary N) is 1. The van der Waals surface area contributed by atoms with Gasteiger partial charge in [0, 0.05) is 30.6 Å². The molecule has 1 saturated carbocycles. The molecular formula is C17H27N5. The lowest BCUT2D eigenvalue weighted by molar-refractivity contribution is 0.270. The molecule has 0 spiro atoms. The van der Waals surface area contributed by atoms with E-state index in [9.17, 15) is 0 Å². The summed E-state index contributed by atoms with van der Waals surface area (Å²) in [5.74, 6) is 3.05. The lowest BCUT2D eigenvalue weighted by atomic mass is 9.70. The zero-order chi connectivity index (χ0) is 15.1. The molecule has 5 nitrogen and oxygen atoms in total. The van der Waals surface area contributed by atoms with Crippen molar-refractivity contribution in [2.24, 2.45) is 5.92 Å². The molecule has 0 bridgehead atoms. The highest BCUT2D eigenvalue weighted by Crippen LogP contribution is 2.46. The maximum atomic E-state index is 6.05. The summed E-state index contributed by atoms with van der Waals surface area (Å²) in [7, 11) is 0. The Hall–Kier alpha value is -1.36.